The summed E-state index contributed by atoms with van der Waals surface area (Å²) in [7, 11) is 0. The van der Waals surface area contributed by atoms with Crippen molar-refractivity contribution in [3.63, 3.8) is 0 Å². The van der Waals surface area contributed by atoms with E-state index in [0.29, 0.717) is 12.2 Å². The van der Waals surface area contributed by atoms with Gasteiger partial charge in [-0.05, 0) is 29.2 Å². The fourth-order valence-electron chi connectivity index (χ4n) is 1.49. The van der Waals surface area contributed by atoms with E-state index in [4.69, 9.17) is 4.42 Å². The van der Waals surface area contributed by atoms with Crippen LogP contribution >= 0.6 is 11.8 Å². The number of thioether (sulfide) groups is 1. The molecule has 1 atom stereocenters. The van der Waals surface area contributed by atoms with Gasteiger partial charge >= 0.3 is 0 Å². The maximum atomic E-state index is 9.89. The number of aliphatic hydroxyl groups excluding tert-OH is 1. The minimum absolute atomic E-state index is 0.493. The molecule has 0 radical (unpaired) electrons. The first-order chi connectivity index (χ1) is 8.25. The first kappa shape index (κ1) is 12.0. The number of furan rings is 1. The highest BCUT2D eigenvalue weighted by molar-refractivity contribution is 8.03. The summed E-state index contributed by atoms with van der Waals surface area (Å²) in [6.45, 7) is 3.96. The Bertz CT molecular complexity index is 462. The average Bonchev–Trinajstić information content (AvgIpc) is 2.83. The van der Waals surface area contributed by atoms with Gasteiger partial charge in [0.25, 0.3) is 0 Å². The molecule has 0 amide bonds. The molecule has 17 heavy (non-hydrogen) atoms. The van der Waals surface area contributed by atoms with E-state index in [2.05, 4.69) is 6.58 Å². The Labute approximate surface area is 105 Å². The summed E-state index contributed by atoms with van der Waals surface area (Å²) in [6, 6.07) is 13.5. The van der Waals surface area contributed by atoms with E-state index in [1.165, 1.54) is 0 Å². The normalized spacial score (nSPS) is 12.3. The van der Waals surface area contributed by atoms with E-state index in [1.807, 2.05) is 30.3 Å². The van der Waals surface area contributed by atoms with Gasteiger partial charge in [0.2, 0.25) is 0 Å². The lowest BCUT2D eigenvalue weighted by molar-refractivity contribution is 0.152. The standard InChI is InChI=1S/C14H14O2S/c1-11(17-12-6-3-2-4-7-12)10-13(15)14-8-5-9-16-14/h2-9,13,15H,1,10H2. The molecule has 0 aliphatic carbocycles. The van der Waals surface area contributed by atoms with Crippen LogP contribution in [0, 0.1) is 0 Å². The van der Waals surface area contributed by atoms with Crippen LogP contribution in [0.5, 0.6) is 0 Å². The highest BCUT2D eigenvalue weighted by Gasteiger charge is 2.12. The maximum absolute atomic E-state index is 9.89. The molecule has 3 heteroatoms. The Kier molecular flexibility index (Phi) is 4.07. The van der Waals surface area contributed by atoms with Gasteiger partial charge in [0.1, 0.15) is 11.9 Å². The summed E-state index contributed by atoms with van der Waals surface area (Å²) in [5, 5.41) is 9.89. The summed E-state index contributed by atoms with van der Waals surface area (Å²) in [5.74, 6) is 0.583. The van der Waals surface area contributed by atoms with Gasteiger partial charge in [-0.3, -0.25) is 0 Å². The Morgan fingerprint density at radius 3 is 2.65 bits per heavy atom. The molecule has 1 aromatic carbocycles. The first-order valence-electron chi connectivity index (χ1n) is 5.38. The minimum atomic E-state index is -0.617. The van der Waals surface area contributed by atoms with Crippen molar-refractivity contribution in [2.24, 2.45) is 0 Å². The molecule has 0 saturated heterocycles. The topological polar surface area (TPSA) is 33.4 Å². The predicted octanol–water partition coefficient (Wildman–Crippen LogP) is 4.01. The van der Waals surface area contributed by atoms with Crippen molar-refractivity contribution in [1.82, 2.24) is 0 Å². The zero-order chi connectivity index (χ0) is 12.1. The third kappa shape index (κ3) is 3.51. The third-order valence-corrected chi connectivity index (χ3v) is 3.26. The summed E-state index contributed by atoms with van der Waals surface area (Å²) in [4.78, 5) is 2.05. The van der Waals surface area contributed by atoms with Crippen LogP contribution in [0.4, 0.5) is 0 Å². The van der Waals surface area contributed by atoms with E-state index >= 15 is 0 Å². The number of hydrogen-bond acceptors (Lipinski definition) is 3. The molecular formula is C14H14O2S. The van der Waals surface area contributed by atoms with Crippen LogP contribution in [0.25, 0.3) is 0 Å². The molecule has 2 rings (SSSR count). The Balaban J connectivity index is 1.90. The second-order valence-electron chi connectivity index (χ2n) is 3.69. The van der Waals surface area contributed by atoms with E-state index in [0.717, 1.165) is 9.80 Å². The van der Waals surface area contributed by atoms with Crippen molar-refractivity contribution in [3.05, 3.63) is 66.0 Å². The molecular weight excluding hydrogens is 232 g/mol. The fraction of sp³-hybridized carbons (Fsp3) is 0.143. The Morgan fingerprint density at radius 2 is 2.00 bits per heavy atom. The lowest BCUT2D eigenvalue weighted by atomic mass is 10.2. The summed E-state index contributed by atoms with van der Waals surface area (Å²) >= 11 is 1.57. The van der Waals surface area contributed by atoms with Gasteiger partial charge in [-0.1, -0.05) is 36.5 Å². The predicted molar refractivity (Wildman–Crippen MR) is 69.7 cm³/mol. The molecule has 0 spiro atoms. The number of aliphatic hydroxyl groups is 1. The molecule has 0 bridgehead atoms. The number of rotatable bonds is 5. The Morgan fingerprint density at radius 1 is 1.24 bits per heavy atom. The van der Waals surface area contributed by atoms with Gasteiger partial charge in [-0.2, -0.15) is 0 Å². The van der Waals surface area contributed by atoms with E-state index in [9.17, 15) is 5.11 Å². The molecule has 1 unspecified atom stereocenters. The van der Waals surface area contributed by atoms with Crippen LogP contribution in [-0.2, 0) is 0 Å². The molecule has 0 aliphatic heterocycles. The van der Waals surface area contributed by atoms with Crippen molar-refractivity contribution >= 4 is 11.8 Å². The van der Waals surface area contributed by atoms with Crippen LogP contribution in [-0.4, -0.2) is 5.11 Å². The lowest BCUT2D eigenvalue weighted by Crippen LogP contribution is -1.95. The van der Waals surface area contributed by atoms with E-state index in [1.54, 1.807) is 30.2 Å². The van der Waals surface area contributed by atoms with Gasteiger partial charge in [-0.15, -0.1) is 0 Å². The quantitative estimate of drug-likeness (QED) is 0.809. The second kappa shape index (κ2) is 5.75. The SMILES string of the molecule is C=C(CC(O)c1ccco1)Sc1ccccc1. The molecule has 1 heterocycles. The van der Waals surface area contributed by atoms with E-state index < -0.39 is 6.10 Å². The molecule has 88 valence electrons. The smallest absolute Gasteiger partial charge is 0.132 e. The number of benzene rings is 1. The highest BCUT2D eigenvalue weighted by Crippen LogP contribution is 2.31. The summed E-state index contributed by atoms with van der Waals surface area (Å²) in [5.41, 5.74) is 0. The van der Waals surface area contributed by atoms with Crippen LogP contribution < -0.4 is 0 Å². The van der Waals surface area contributed by atoms with Gasteiger partial charge in [0, 0.05) is 11.3 Å². The molecule has 0 saturated carbocycles. The van der Waals surface area contributed by atoms with Crippen LogP contribution in [0.1, 0.15) is 18.3 Å². The van der Waals surface area contributed by atoms with Crippen LogP contribution in [0.2, 0.25) is 0 Å². The van der Waals surface area contributed by atoms with E-state index in [-0.39, 0.29) is 0 Å². The zero-order valence-corrected chi connectivity index (χ0v) is 10.2. The average molecular weight is 246 g/mol. The van der Waals surface area contributed by atoms with Crippen molar-refractivity contribution in [2.45, 2.75) is 17.4 Å². The Hall–Kier alpha value is -1.45. The zero-order valence-electron chi connectivity index (χ0n) is 9.37. The minimum Gasteiger partial charge on any atom is -0.467 e. The first-order valence-corrected chi connectivity index (χ1v) is 6.19. The highest BCUT2D eigenvalue weighted by atomic mass is 32.2. The van der Waals surface area contributed by atoms with Crippen LogP contribution in [0.3, 0.4) is 0 Å². The monoisotopic (exact) mass is 246 g/mol. The molecule has 1 aromatic heterocycles. The lowest BCUT2D eigenvalue weighted by Gasteiger charge is -2.09. The van der Waals surface area contributed by atoms with Crippen molar-refractivity contribution in [2.75, 3.05) is 0 Å². The maximum Gasteiger partial charge on any atom is 0.132 e. The number of hydrogen-bond donors (Lipinski definition) is 1. The fourth-order valence-corrected chi connectivity index (χ4v) is 2.36. The molecule has 2 nitrogen and oxygen atoms in total. The molecule has 2 aromatic rings. The van der Waals surface area contributed by atoms with Crippen molar-refractivity contribution in [1.29, 1.82) is 0 Å². The summed E-state index contributed by atoms with van der Waals surface area (Å²) < 4.78 is 5.15. The second-order valence-corrected chi connectivity index (χ2v) is 4.94. The largest absolute Gasteiger partial charge is 0.467 e. The molecule has 1 N–H and O–H groups in total. The van der Waals surface area contributed by atoms with Crippen molar-refractivity contribution in [3.8, 4) is 0 Å². The summed E-state index contributed by atoms with van der Waals surface area (Å²) in [6.07, 6.45) is 1.44. The van der Waals surface area contributed by atoms with Gasteiger partial charge < -0.3 is 9.52 Å². The third-order valence-electron chi connectivity index (χ3n) is 2.30. The van der Waals surface area contributed by atoms with Gasteiger partial charge in [0.15, 0.2) is 0 Å². The van der Waals surface area contributed by atoms with Gasteiger partial charge in [0.05, 0.1) is 6.26 Å². The van der Waals surface area contributed by atoms with Crippen molar-refractivity contribution < 1.29 is 9.52 Å². The molecule has 0 fully saturated rings. The van der Waals surface area contributed by atoms with Crippen LogP contribution in [0.15, 0.2) is 69.5 Å². The molecule has 0 aliphatic rings. The van der Waals surface area contributed by atoms with Gasteiger partial charge in [-0.25, -0.2) is 0 Å².